The maximum atomic E-state index is 12.3. The predicted molar refractivity (Wildman–Crippen MR) is 120 cm³/mol. The summed E-state index contributed by atoms with van der Waals surface area (Å²) in [6.07, 6.45) is 4.36. The van der Waals surface area contributed by atoms with E-state index in [0.29, 0.717) is 18.6 Å². The molecule has 0 aromatic heterocycles. The summed E-state index contributed by atoms with van der Waals surface area (Å²) in [5.74, 6) is -0.944. The van der Waals surface area contributed by atoms with Gasteiger partial charge >= 0.3 is 5.97 Å². The second-order valence-corrected chi connectivity index (χ2v) is 8.04. The molecule has 2 atom stereocenters. The van der Waals surface area contributed by atoms with Gasteiger partial charge in [0.1, 0.15) is 0 Å². The van der Waals surface area contributed by atoms with Crippen LogP contribution in [0.3, 0.4) is 0 Å². The lowest BCUT2D eigenvalue weighted by molar-refractivity contribution is -0.119. The number of hydrogen-bond acceptors (Lipinski definition) is 4. The first-order valence-corrected chi connectivity index (χ1v) is 10.9. The molecule has 5 nitrogen and oxygen atoms in total. The first kappa shape index (κ1) is 21.9. The SMILES string of the molecule is CCOC(=O)c1ccc(C(CC(C)c2ccccc2N2CCCCC2)C(N)=O)cc1. The smallest absolute Gasteiger partial charge is 0.338 e. The summed E-state index contributed by atoms with van der Waals surface area (Å²) in [7, 11) is 0. The minimum Gasteiger partial charge on any atom is -0.462 e. The maximum absolute atomic E-state index is 12.3. The standard InChI is InChI=1S/C25H32N2O3/c1-3-30-25(29)20-13-11-19(12-14-20)22(24(26)28)17-18(2)21-9-5-6-10-23(21)27-15-7-4-8-16-27/h5-6,9-14,18,22H,3-4,7-8,15-17H2,1-2H3,(H2,26,28). The van der Waals surface area contributed by atoms with Crippen LogP contribution in [0.1, 0.15) is 72.9 Å². The second-order valence-electron chi connectivity index (χ2n) is 8.04. The topological polar surface area (TPSA) is 72.6 Å². The Bertz CT molecular complexity index is 857. The Kier molecular flexibility index (Phi) is 7.50. The fourth-order valence-corrected chi connectivity index (χ4v) is 4.29. The zero-order valence-electron chi connectivity index (χ0n) is 18.0. The van der Waals surface area contributed by atoms with Gasteiger partial charge in [0.05, 0.1) is 18.1 Å². The molecule has 0 spiro atoms. The molecule has 1 heterocycles. The number of ether oxygens (including phenoxy) is 1. The normalized spacial score (nSPS) is 16.0. The number of nitrogens with two attached hydrogens (primary N) is 1. The van der Waals surface area contributed by atoms with Crippen LogP contribution >= 0.6 is 0 Å². The molecule has 5 heteroatoms. The van der Waals surface area contributed by atoms with Gasteiger partial charge in [-0.05, 0) is 67.9 Å². The van der Waals surface area contributed by atoms with Crippen molar-refractivity contribution < 1.29 is 14.3 Å². The number of esters is 1. The minimum atomic E-state index is -0.411. The highest BCUT2D eigenvalue weighted by molar-refractivity contribution is 5.89. The molecule has 2 unspecified atom stereocenters. The van der Waals surface area contributed by atoms with Gasteiger partial charge in [-0.25, -0.2) is 4.79 Å². The van der Waals surface area contributed by atoms with Crippen molar-refractivity contribution in [2.24, 2.45) is 5.73 Å². The third-order valence-electron chi connectivity index (χ3n) is 5.92. The molecule has 2 aromatic carbocycles. The molecule has 1 amide bonds. The van der Waals surface area contributed by atoms with Crippen molar-refractivity contribution in [3.05, 3.63) is 65.2 Å². The Morgan fingerprint density at radius 1 is 1.03 bits per heavy atom. The van der Waals surface area contributed by atoms with Gasteiger partial charge in [-0.2, -0.15) is 0 Å². The number of nitrogens with zero attached hydrogens (tertiary/aromatic N) is 1. The molecule has 160 valence electrons. The summed E-state index contributed by atoms with van der Waals surface area (Å²) in [5, 5.41) is 0. The van der Waals surface area contributed by atoms with Crippen molar-refractivity contribution >= 4 is 17.6 Å². The van der Waals surface area contributed by atoms with Gasteiger partial charge in [0.25, 0.3) is 0 Å². The van der Waals surface area contributed by atoms with E-state index in [0.717, 1.165) is 18.7 Å². The molecule has 0 radical (unpaired) electrons. The van der Waals surface area contributed by atoms with Gasteiger partial charge in [-0.1, -0.05) is 37.3 Å². The highest BCUT2D eigenvalue weighted by Gasteiger charge is 2.24. The van der Waals surface area contributed by atoms with Crippen LogP contribution < -0.4 is 10.6 Å². The number of carbonyl (C=O) groups excluding carboxylic acids is 2. The molecule has 1 fully saturated rings. The van der Waals surface area contributed by atoms with E-state index in [1.54, 1.807) is 19.1 Å². The third kappa shape index (κ3) is 5.21. The summed E-state index contributed by atoms with van der Waals surface area (Å²) in [6, 6.07) is 15.5. The van der Waals surface area contributed by atoms with Crippen LogP contribution in [0.2, 0.25) is 0 Å². The Morgan fingerprint density at radius 3 is 2.33 bits per heavy atom. The van der Waals surface area contributed by atoms with Gasteiger partial charge in [0, 0.05) is 18.8 Å². The molecule has 0 bridgehead atoms. The predicted octanol–water partition coefficient (Wildman–Crippen LogP) is 4.62. The van der Waals surface area contributed by atoms with Crippen LogP contribution in [-0.2, 0) is 9.53 Å². The van der Waals surface area contributed by atoms with Gasteiger partial charge in [0.15, 0.2) is 0 Å². The molecule has 0 aliphatic carbocycles. The molecule has 1 aliphatic heterocycles. The van der Waals surface area contributed by atoms with Crippen LogP contribution in [0.15, 0.2) is 48.5 Å². The van der Waals surface area contributed by atoms with E-state index in [9.17, 15) is 9.59 Å². The number of hydrogen-bond donors (Lipinski definition) is 1. The van der Waals surface area contributed by atoms with Crippen molar-refractivity contribution in [2.75, 3.05) is 24.6 Å². The zero-order chi connectivity index (χ0) is 21.5. The highest BCUT2D eigenvalue weighted by atomic mass is 16.5. The number of anilines is 1. The van der Waals surface area contributed by atoms with Gasteiger partial charge < -0.3 is 15.4 Å². The lowest BCUT2D eigenvalue weighted by atomic mass is 9.84. The van der Waals surface area contributed by atoms with E-state index in [2.05, 4.69) is 36.1 Å². The quantitative estimate of drug-likeness (QED) is 0.647. The summed E-state index contributed by atoms with van der Waals surface area (Å²) in [5.41, 5.74) is 9.62. The van der Waals surface area contributed by atoms with Crippen LogP contribution in [-0.4, -0.2) is 31.6 Å². The Hall–Kier alpha value is -2.82. The fourth-order valence-electron chi connectivity index (χ4n) is 4.29. The molecule has 3 rings (SSSR count). The first-order chi connectivity index (χ1) is 14.5. The van der Waals surface area contributed by atoms with E-state index in [1.165, 1.54) is 30.5 Å². The monoisotopic (exact) mass is 408 g/mol. The average Bonchev–Trinajstić information content (AvgIpc) is 2.78. The lowest BCUT2D eigenvalue weighted by Crippen LogP contribution is -2.30. The Morgan fingerprint density at radius 2 is 1.70 bits per heavy atom. The molecule has 0 saturated carbocycles. The Balaban J connectivity index is 1.79. The van der Waals surface area contributed by atoms with Crippen LogP contribution in [0, 0.1) is 0 Å². The average molecular weight is 409 g/mol. The Labute approximate surface area is 179 Å². The minimum absolute atomic E-state index is 0.172. The summed E-state index contributed by atoms with van der Waals surface area (Å²) < 4.78 is 5.03. The molecule has 30 heavy (non-hydrogen) atoms. The van der Waals surface area contributed by atoms with Crippen molar-refractivity contribution in [1.82, 2.24) is 0 Å². The van der Waals surface area contributed by atoms with Crippen LogP contribution in [0.4, 0.5) is 5.69 Å². The van der Waals surface area contributed by atoms with E-state index >= 15 is 0 Å². The molecule has 1 aliphatic rings. The number of amides is 1. The number of para-hydroxylation sites is 1. The van der Waals surface area contributed by atoms with E-state index in [-0.39, 0.29) is 17.8 Å². The second kappa shape index (κ2) is 10.3. The lowest BCUT2D eigenvalue weighted by Gasteiger charge is -2.32. The van der Waals surface area contributed by atoms with Crippen LogP contribution in [0.25, 0.3) is 0 Å². The summed E-state index contributed by atoms with van der Waals surface area (Å²) in [6.45, 7) is 6.43. The molecule has 2 aromatic rings. The summed E-state index contributed by atoms with van der Waals surface area (Å²) in [4.78, 5) is 26.6. The van der Waals surface area contributed by atoms with Crippen molar-refractivity contribution in [3.8, 4) is 0 Å². The van der Waals surface area contributed by atoms with Crippen LogP contribution in [0.5, 0.6) is 0 Å². The largest absolute Gasteiger partial charge is 0.462 e. The number of rotatable bonds is 8. The molecule has 2 N–H and O–H groups in total. The third-order valence-corrected chi connectivity index (χ3v) is 5.92. The van der Waals surface area contributed by atoms with Gasteiger partial charge in [-0.15, -0.1) is 0 Å². The number of benzene rings is 2. The first-order valence-electron chi connectivity index (χ1n) is 10.9. The van der Waals surface area contributed by atoms with E-state index in [1.807, 2.05) is 12.1 Å². The number of piperidine rings is 1. The fraction of sp³-hybridized carbons (Fsp3) is 0.440. The molecular weight excluding hydrogens is 376 g/mol. The van der Waals surface area contributed by atoms with Gasteiger partial charge in [0.2, 0.25) is 5.91 Å². The van der Waals surface area contributed by atoms with Crippen molar-refractivity contribution in [2.45, 2.75) is 51.4 Å². The van der Waals surface area contributed by atoms with E-state index in [4.69, 9.17) is 10.5 Å². The van der Waals surface area contributed by atoms with E-state index < -0.39 is 5.92 Å². The van der Waals surface area contributed by atoms with Crippen molar-refractivity contribution in [3.63, 3.8) is 0 Å². The maximum Gasteiger partial charge on any atom is 0.338 e. The molecular formula is C25H32N2O3. The zero-order valence-corrected chi connectivity index (χ0v) is 18.0. The number of carbonyl (C=O) groups is 2. The highest BCUT2D eigenvalue weighted by Crippen LogP contribution is 2.35. The van der Waals surface area contributed by atoms with Gasteiger partial charge in [-0.3, -0.25) is 4.79 Å². The van der Waals surface area contributed by atoms with Crippen molar-refractivity contribution in [1.29, 1.82) is 0 Å². The number of primary amides is 1. The summed E-state index contributed by atoms with van der Waals surface area (Å²) >= 11 is 0. The molecule has 1 saturated heterocycles.